The Morgan fingerprint density at radius 3 is 2.33 bits per heavy atom. The number of nitrogens with two attached hydrogens (primary N) is 1. The van der Waals surface area contributed by atoms with E-state index < -0.39 is 10.1 Å². The molecule has 0 saturated heterocycles. The topological polar surface area (TPSA) is 78.6 Å². The monoisotopic (exact) mass is 155 g/mol. The van der Waals surface area contributed by atoms with E-state index in [1.807, 2.05) is 0 Å². The second kappa shape index (κ2) is 3.78. The lowest BCUT2D eigenvalue weighted by molar-refractivity contribution is 0.104. The Morgan fingerprint density at radius 2 is 2.00 bits per heavy atom. The maximum absolute atomic E-state index is 10.2. The summed E-state index contributed by atoms with van der Waals surface area (Å²) >= 11 is 0. The molecule has 0 heterocycles. The molecule has 9 heavy (non-hydrogen) atoms. The van der Waals surface area contributed by atoms with E-state index in [9.17, 15) is 8.42 Å². The van der Waals surface area contributed by atoms with Crippen molar-refractivity contribution in [1.82, 2.24) is 0 Å². The second-order valence-electron chi connectivity index (χ2n) is 1.40. The van der Waals surface area contributed by atoms with E-state index in [-0.39, 0.29) is 13.2 Å². The predicted molar refractivity (Wildman–Crippen MR) is 30.9 cm³/mol. The molecule has 0 aromatic carbocycles. The van der Waals surface area contributed by atoms with Crippen molar-refractivity contribution in [3.8, 4) is 0 Å². The highest BCUT2D eigenvalue weighted by molar-refractivity contribution is 7.85. The van der Waals surface area contributed by atoms with E-state index in [1.54, 1.807) is 0 Å². The average molecular weight is 155 g/mol. The highest BCUT2D eigenvalue weighted by Gasteiger charge is 1.98. The molecule has 0 amide bonds. The van der Waals surface area contributed by atoms with Crippen molar-refractivity contribution < 1.29 is 17.4 Å². The SMILES string of the molecule is CS(=O)(=O)OCCON. The predicted octanol–water partition coefficient (Wildman–Crippen LogP) is -1.15. The van der Waals surface area contributed by atoms with Gasteiger partial charge in [-0.05, 0) is 0 Å². The Hall–Kier alpha value is -0.170. The summed E-state index contributed by atoms with van der Waals surface area (Å²) in [5.74, 6) is 4.58. The van der Waals surface area contributed by atoms with Crippen LogP contribution in [-0.2, 0) is 19.1 Å². The van der Waals surface area contributed by atoms with Crippen molar-refractivity contribution in [3.05, 3.63) is 0 Å². The Bertz CT molecular complexity index is 151. The molecule has 0 spiro atoms. The third-order valence-electron chi connectivity index (χ3n) is 0.499. The molecule has 5 nitrogen and oxygen atoms in total. The average Bonchev–Trinajstić information content (AvgIpc) is 1.63. The van der Waals surface area contributed by atoms with Crippen LogP contribution in [0.2, 0.25) is 0 Å². The molecule has 0 saturated carbocycles. The van der Waals surface area contributed by atoms with Crippen LogP contribution in [0.3, 0.4) is 0 Å². The van der Waals surface area contributed by atoms with Gasteiger partial charge in [0.2, 0.25) is 0 Å². The highest BCUT2D eigenvalue weighted by Crippen LogP contribution is 1.83. The van der Waals surface area contributed by atoms with Crippen molar-refractivity contribution in [2.24, 2.45) is 5.90 Å². The summed E-state index contributed by atoms with van der Waals surface area (Å²) in [5.41, 5.74) is 0. The van der Waals surface area contributed by atoms with Gasteiger partial charge in [0.1, 0.15) is 0 Å². The van der Waals surface area contributed by atoms with Gasteiger partial charge in [-0.15, -0.1) is 0 Å². The summed E-state index contributed by atoms with van der Waals surface area (Å²) in [4.78, 5) is 4.05. The van der Waals surface area contributed by atoms with Gasteiger partial charge >= 0.3 is 0 Å². The minimum absolute atomic E-state index is 0.0324. The van der Waals surface area contributed by atoms with Crippen LogP contribution in [0.4, 0.5) is 0 Å². The van der Waals surface area contributed by atoms with Crippen molar-refractivity contribution in [2.75, 3.05) is 19.5 Å². The van der Waals surface area contributed by atoms with Crippen LogP contribution >= 0.6 is 0 Å². The fourth-order valence-electron chi connectivity index (χ4n) is 0.234. The van der Waals surface area contributed by atoms with Gasteiger partial charge in [0.25, 0.3) is 10.1 Å². The van der Waals surface area contributed by atoms with E-state index in [1.165, 1.54) is 0 Å². The molecule has 2 N–H and O–H groups in total. The summed E-state index contributed by atoms with van der Waals surface area (Å²) in [5, 5.41) is 0. The lowest BCUT2D eigenvalue weighted by Crippen LogP contribution is -2.11. The van der Waals surface area contributed by atoms with Crippen molar-refractivity contribution in [1.29, 1.82) is 0 Å². The smallest absolute Gasteiger partial charge is 0.264 e. The highest BCUT2D eigenvalue weighted by atomic mass is 32.2. The van der Waals surface area contributed by atoms with Gasteiger partial charge in [-0.25, -0.2) is 5.90 Å². The maximum Gasteiger partial charge on any atom is 0.264 e. The molecule has 0 aliphatic carbocycles. The van der Waals surface area contributed by atoms with Crippen molar-refractivity contribution in [3.63, 3.8) is 0 Å². The van der Waals surface area contributed by atoms with Crippen LogP contribution < -0.4 is 5.90 Å². The standard InChI is InChI=1S/C3H9NO4S/c1-9(5,6)8-3-2-7-4/h2-4H2,1H3. The second-order valence-corrected chi connectivity index (χ2v) is 3.04. The fraction of sp³-hybridized carbons (Fsp3) is 1.00. The third-order valence-corrected chi connectivity index (χ3v) is 1.09. The van der Waals surface area contributed by atoms with E-state index in [0.717, 1.165) is 6.26 Å². The van der Waals surface area contributed by atoms with Gasteiger partial charge in [-0.1, -0.05) is 0 Å². The first-order chi connectivity index (χ1) is 4.06. The summed E-state index contributed by atoms with van der Waals surface area (Å²) in [6.45, 7) is 0.0441. The Balaban J connectivity index is 3.30. The largest absolute Gasteiger partial charge is 0.302 e. The van der Waals surface area contributed by atoms with E-state index in [0.29, 0.717) is 0 Å². The Kier molecular flexibility index (Phi) is 3.71. The first-order valence-electron chi connectivity index (χ1n) is 2.22. The Labute approximate surface area is 53.8 Å². The van der Waals surface area contributed by atoms with Gasteiger partial charge in [-0.2, -0.15) is 8.42 Å². The summed E-state index contributed by atoms with van der Waals surface area (Å²) in [6, 6.07) is 0. The molecule has 0 rings (SSSR count). The van der Waals surface area contributed by atoms with E-state index in [4.69, 9.17) is 0 Å². The molecule has 6 heteroatoms. The van der Waals surface area contributed by atoms with Crippen LogP contribution in [0.25, 0.3) is 0 Å². The van der Waals surface area contributed by atoms with E-state index in [2.05, 4.69) is 14.9 Å². The van der Waals surface area contributed by atoms with Crippen LogP contribution in [0, 0.1) is 0 Å². The van der Waals surface area contributed by atoms with Gasteiger partial charge in [0, 0.05) is 0 Å². The molecule has 0 aromatic rings. The lowest BCUT2D eigenvalue weighted by Gasteiger charge is -1.97. The van der Waals surface area contributed by atoms with Crippen LogP contribution in [0.15, 0.2) is 0 Å². The molecule has 0 aliphatic heterocycles. The molecule has 56 valence electrons. The number of rotatable bonds is 4. The molecule has 0 unspecified atom stereocenters. The lowest BCUT2D eigenvalue weighted by atomic mass is 10.8. The molecule has 0 bridgehead atoms. The van der Waals surface area contributed by atoms with Gasteiger partial charge < -0.3 is 4.84 Å². The van der Waals surface area contributed by atoms with Gasteiger partial charge in [0.05, 0.1) is 19.5 Å². The molecule has 0 radical (unpaired) electrons. The quantitative estimate of drug-likeness (QED) is 0.315. The zero-order valence-electron chi connectivity index (χ0n) is 5.03. The number of hydrogen-bond acceptors (Lipinski definition) is 5. The van der Waals surface area contributed by atoms with Crippen molar-refractivity contribution >= 4 is 10.1 Å². The molecule has 0 aromatic heterocycles. The zero-order chi connectivity index (χ0) is 7.33. The Morgan fingerprint density at radius 1 is 1.44 bits per heavy atom. The summed E-state index contributed by atoms with van der Waals surface area (Å²) in [7, 11) is -3.33. The van der Waals surface area contributed by atoms with Crippen LogP contribution in [-0.4, -0.2) is 27.9 Å². The summed E-state index contributed by atoms with van der Waals surface area (Å²) < 4.78 is 24.6. The zero-order valence-corrected chi connectivity index (χ0v) is 5.85. The van der Waals surface area contributed by atoms with Gasteiger partial charge in [-0.3, -0.25) is 4.18 Å². The summed E-state index contributed by atoms with van der Waals surface area (Å²) in [6.07, 6.45) is 0.962. The minimum atomic E-state index is -3.33. The molecular formula is C3H9NO4S. The van der Waals surface area contributed by atoms with Crippen LogP contribution in [0.5, 0.6) is 0 Å². The first kappa shape index (κ1) is 8.83. The molecular weight excluding hydrogens is 146 g/mol. The first-order valence-corrected chi connectivity index (χ1v) is 4.04. The maximum atomic E-state index is 10.2. The molecule has 0 atom stereocenters. The normalized spacial score (nSPS) is 11.8. The van der Waals surface area contributed by atoms with Crippen molar-refractivity contribution in [2.45, 2.75) is 0 Å². The fourth-order valence-corrected chi connectivity index (χ4v) is 0.604. The third kappa shape index (κ3) is 7.83. The number of hydrogen-bond donors (Lipinski definition) is 1. The van der Waals surface area contributed by atoms with E-state index >= 15 is 0 Å². The van der Waals surface area contributed by atoms with Gasteiger partial charge in [0.15, 0.2) is 0 Å². The van der Waals surface area contributed by atoms with Crippen LogP contribution in [0.1, 0.15) is 0 Å². The molecule has 0 fully saturated rings. The molecule has 0 aliphatic rings. The minimum Gasteiger partial charge on any atom is -0.302 e.